The summed E-state index contributed by atoms with van der Waals surface area (Å²) < 4.78 is 11.0. The molecule has 19 heavy (non-hydrogen) atoms. The average Bonchev–Trinajstić information content (AvgIpc) is 2.42. The van der Waals surface area contributed by atoms with Crippen LogP contribution < -0.4 is 5.73 Å². The van der Waals surface area contributed by atoms with Gasteiger partial charge < -0.3 is 15.2 Å². The summed E-state index contributed by atoms with van der Waals surface area (Å²) in [5.74, 6) is 0.663. The van der Waals surface area contributed by atoms with E-state index in [1.54, 1.807) is 0 Å². The molecule has 1 saturated heterocycles. The molecule has 1 fully saturated rings. The zero-order chi connectivity index (χ0) is 13.8. The fraction of sp³-hybridized carbons (Fsp3) is 0.933. The minimum absolute atomic E-state index is 0.190. The number of carbonyl (C=O) groups excluding carboxylic acids is 1. The quantitative estimate of drug-likeness (QED) is 0.588. The summed E-state index contributed by atoms with van der Waals surface area (Å²) >= 11 is 0. The highest BCUT2D eigenvalue weighted by Crippen LogP contribution is 2.19. The number of primary amides is 1. The summed E-state index contributed by atoms with van der Waals surface area (Å²) in [6, 6.07) is 0. The maximum Gasteiger partial charge on any atom is 0.217 e. The number of hydrogen-bond acceptors (Lipinski definition) is 3. The molecule has 1 aliphatic rings. The van der Waals surface area contributed by atoms with E-state index in [1.807, 2.05) is 0 Å². The van der Waals surface area contributed by atoms with E-state index in [0.717, 1.165) is 58.0 Å². The highest BCUT2D eigenvalue weighted by molar-refractivity contribution is 5.73. The van der Waals surface area contributed by atoms with Crippen LogP contribution in [0.1, 0.15) is 57.8 Å². The van der Waals surface area contributed by atoms with E-state index in [4.69, 9.17) is 15.2 Å². The first-order valence-electron chi connectivity index (χ1n) is 7.73. The molecule has 0 aliphatic carbocycles. The predicted octanol–water partition coefficient (Wildman–Crippen LogP) is 2.65. The molecule has 1 aliphatic heterocycles. The lowest BCUT2D eigenvalue weighted by atomic mass is 9.95. The smallest absolute Gasteiger partial charge is 0.217 e. The first kappa shape index (κ1) is 16.4. The number of unbranched alkanes of at least 4 members (excludes halogenated alkanes) is 3. The van der Waals surface area contributed by atoms with E-state index >= 15 is 0 Å². The molecule has 2 N–H and O–H groups in total. The predicted molar refractivity (Wildman–Crippen MR) is 75.9 cm³/mol. The van der Waals surface area contributed by atoms with Crippen molar-refractivity contribution >= 4 is 5.91 Å². The van der Waals surface area contributed by atoms with E-state index in [2.05, 4.69) is 0 Å². The van der Waals surface area contributed by atoms with Gasteiger partial charge in [0.1, 0.15) is 0 Å². The molecule has 1 heterocycles. The zero-order valence-corrected chi connectivity index (χ0v) is 12.1. The second-order valence-corrected chi connectivity index (χ2v) is 5.44. The van der Waals surface area contributed by atoms with Gasteiger partial charge in [0.05, 0.1) is 0 Å². The van der Waals surface area contributed by atoms with Gasteiger partial charge in [0, 0.05) is 32.8 Å². The molecule has 0 aromatic heterocycles. The van der Waals surface area contributed by atoms with Gasteiger partial charge in [-0.2, -0.15) is 0 Å². The maximum absolute atomic E-state index is 10.5. The highest BCUT2D eigenvalue weighted by Gasteiger charge is 2.12. The fourth-order valence-corrected chi connectivity index (χ4v) is 2.47. The van der Waals surface area contributed by atoms with E-state index < -0.39 is 0 Å². The number of amides is 1. The van der Waals surface area contributed by atoms with Crippen LogP contribution in [0.3, 0.4) is 0 Å². The van der Waals surface area contributed by atoms with Crippen LogP contribution in [0, 0.1) is 5.92 Å². The zero-order valence-electron chi connectivity index (χ0n) is 12.1. The third-order valence-corrected chi connectivity index (χ3v) is 3.70. The molecule has 0 radical (unpaired) electrons. The Bertz CT molecular complexity index is 227. The number of ether oxygens (including phenoxy) is 2. The molecule has 1 rings (SSSR count). The minimum Gasteiger partial charge on any atom is -0.381 e. The molecule has 0 bridgehead atoms. The third-order valence-electron chi connectivity index (χ3n) is 3.70. The number of rotatable bonds is 11. The normalized spacial score (nSPS) is 16.6. The van der Waals surface area contributed by atoms with Crippen molar-refractivity contribution < 1.29 is 14.3 Å². The molecule has 0 unspecified atom stereocenters. The molecular formula is C15H29NO3. The lowest BCUT2D eigenvalue weighted by molar-refractivity contribution is -0.118. The number of nitrogens with two attached hydrogens (primary N) is 1. The molecular weight excluding hydrogens is 242 g/mol. The van der Waals surface area contributed by atoms with Crippen molar-refractivity contribution in [2.45, 2.75) is 57.8 Å². The molecule has 1 amide bonds. The van der Waals surface area contributed by atoms with Crippen LogP contribution >= 0.6 is 0 Å². The first-order valence-corrected chi connectivity index (χ1v) is 7.73. The van der Waals surface area contributed by atoms with Crippen molar-refractivity contribution in [1.82, 2.24) is 0 Å². The third kappa shape index (κ3) is 9.91. The first-order chi connectivity index (χ1) is 9.29. The van der Waals surface area contributed by atoms with E-state index in [-0.39, 0.29) is 5.91 Å². The second kappa shape index (κ2) is 11.2. The Morgan fingerprint density at radius 3 is 2.47 bits per heavy atom. The van der Waals surface area contributed by atoms with Crippen LogP contribution in [0.5, 0.6) is 0 Å². The van der Waals surface area contributed by atoms with Crippen molar-refractivity contribution in [2.24, 2.45) is 11.7 Å². The van der Waals surface area contributed by atoms with Crippen molar-refractivity contribution in [3.8, 4) is 0 Å². The van der Waals surface area contributed by atoms with Gasteiger partial charge in [0.2, 0.25) is 5.91 Å². The lowest BCUT2D eigenvalue weighted by Gasteiger charge is -2.21. The Hall–Kier alpha value is -0.610. The van der Waals surface area contributed by atoms with Crippen LogP contribution in [0.15, 0.2) is 0 Å². The largest absolute Gasteiger partial charge is 0.381 e. The SMILES string of the molecule is NC(=O)CCCCCCOCCCC1CCOCC1. The summed E-state index contributed by atoms with van der Waals surface area (Å²) in [6.07, 6.45) is 9.64. The highest BCUT2D eigenvalue weighted by atomic mass is 16.5. The Balaban J connectivity index is 1.74. The standard InChI is InChI=1S/C15H29NO3/c16-15(17)7-3-1-2-4-10-18-11-5-6-14-8-12-19-13-9-14/h14H,1-13H2,(H2,16,17). The summed E-state index contributed by atoms with van der Waals surface area (Å²) in [7, 11) is 0. The summed E-state index contributed by atoms with van der Waals surface area (Å²) in [5, 5.41) is 0. The Morgan fingerprint density at radius 2 is 1.74 bits per heavy atom. The van der Waals surface area contributed by atoms with Crippen LogP contribution in [0.2, 0.25) is 0 Å². The van der Waals surface area contributed by atoms with Crippen LogP contribution in [0.4, 0.5) is 0 Å². The molecule has 4 nitrogen and oxygen atoms in total. The van der Waals surface area contributed by atoms with Crippen LogP contribution in [0.25, 0.3) is 0 Å². The van der Waals surface area contributed by atoms with Crippen molar-refractivity contribution in [1.29, 1.82) is 0 Å². The van der Waals surface area contributed by atoms with Crippen molar-refractivity contribution in [3.63, 3.8) is 0 Å². The van der Waals surface area contributed by atoms with Gasteiger partial charge in [0.25, 0.3) is 0 Å². The minimum atomic E-state index is -0.190. The lowest BCUT2D eigenvalue weighted by Crippen LogP contribution is -2.16. The number of carbonyl (C=O) groups is 1. The van der Waals surface area contributed by atoms with Gasteiger partial charge in [-0.25, -0.2) is 0 Å². The molecule has 112 valence electrons. The second-order valence-electron chi connectivity index (χ2n) is 5.44. The van der Waals surface area contributed by atoms with Crippen molar-refractivity contribution in [3.05, 3.63) is 0 Å². The molecule has 0 spiro atoms. The fourth-order valence-electron chi connectivity index (χ4n) is 2.47. The van der Waals surface area contributed by atoms with Gasteiger partial charge in [-0.3, -0.25) is 4.79 Å². The summed E-state index contributed by atoms with van der Waals surface area (Å²) in [4.78, 5) is 10.5. The van der Waals surface area contributed by atoms with E-state index in [1.165, 1.54) is 25.7 Å². The maximum atomic E-state index is 10.5. The molecule has 4 heteroatoms. The molecule has 0 saturated carbocycles. The van der Waals surface area contributed by atoms with Gasteiger partial charge in [-0.15, -0.1) is 0 Å². The van der Waals surface area contributed by atoms with Crippen LogP contribution in [-0.2, 0) is 14.3 Å². The average molecular weight is 271 g/mol. The Morgan fingerprint density at radius 1 is 1.05 bits per heavy atom. The number of hydrogen-bond donors (Lipinski definition) is 1. The van der Waals surface area contributed by atoms with Gasteiger partial charge in [0.15, 0.2) is 0 Å². The van der Waals surface area contributed by atoms with Gasteiger partial charge >= 0.3 is 0 Å². The van der Waals surface area contributed by atoms with Gasteiger partial charge in [-0.1, -0.05) is 12.8 Å². The summed E-state index contributed by atoms with van der Waals surface area (Å²) in [5.41, 5.74) is 5.08. The van der Waals surface area contributed by atoms with Crippen LogP contribution in [-0.4, -0.2) is 32.3 Å². The van der Waals surface area contributed by atoms with Crippen molar-refractivity contribution in [2.75, 3.05) is 26.4 Å². The topological polar surface area (TPSA) is 61.6 Å². The molecule has 0 atom stereocenters. The van der Waals surface area contributed by atoms with E-state index in [0.29, 0.717) is 6.42 Å². The summed E-state index contributed by atoms with van der Waals surface area (Å²) in [6.45, 7) is 3.62. The molecule has 0 aromatic rings. The van der Waals surface area contributed by atoms with Gasteiger partial charge in [-0.05, 0) is 44.4 Å². The van der Waals surface area contributed by atoms with E-state index in [9.17, 15) is 4.79 Å². The monoisotopic (exact) mass is 271 g/mol. The Labute approximate surface area is 117 Å². The molecule has 0 aromatic carbocycles. The Kier molecular flexibility index (Phi) is 9.72.